The zero-order valence-electron chi connectivity index (χ0n) is 12.5. The van der Waals surface area contributed by atoms with E-state index in [1.54, 1.807) is 11.3 Å². The van der Waals surface area contributed by atoms with Crippen LogP contribution in [0.3, 0.4) is 0 Å². The number of carbonyl (C=O) groups excluding carboxylic acids is 1. The van der Waals surface area contributed by atoms with Crippen LogP contribution in [0.1, 0.15) is 36.1 Å². The second-order valence-corrected chi connectivity index (χ2v) is 7.35. The van der Waals surface area contributed by atoms with Gasteiger partial charge in [-0.05, 0) is 48.4 Å². The summed E-state index contributed by atoms with van der Waals surface area (Å²) in [4.78, 5) is 14.2. The molecule has 0 unspecified atom stereocenters. The van der Waals surface area contributed by atoms with Crippen molar-refractivity contribution in [1.82, 2.24) is 5.32 Å². The first-order valence-electron chi connectivity index (χ1n) is 7.77. The van der Waals surface area contributed by atoms with Gasteiger partial charge in [-0.1, -0.05) is 42.6 Å². The predicted octanol–water partition coefficient (Wildman–Crippen LogP) is 4.57. The summed E-state index contributed by atoms with van der Waals surface area (Å²) in [6.45, 7) is 0.696. The van der Waals surface area contributed by atoms with Crippen molar-refractivity contribution in [3.63, 3.8) is 0 Å². The van der Waals surface area contributed by atoms with Crippen molar-refractivity contribution >= 4 is 28.8 Å². The molecule has 0 spiro atoms. The highest BCUT2D eigenvalue weighted by molar-refractivity contribution is 7.09. The molecule has 3 rings (SSSR count). The lowest BCUT2D eigenvalue weighted by atomic mass is 9.78. The van der Waals surface area contributed by atoms with Crippen molar-refractivity contribution in [3.05, 3.63) is 57.2 Å². The molecule has 1 aromatic carbocycles. The normalized spacial score (nSPS) is 16.6. The van der Waals surface area contributed by atoms with Gasteiger partial charge in [-0.15, -0.1) is 11.3 Å². The number of rotatable bonds is 5. The quantitative estimate of drug-likeness (QED) is 0.853. The van der Waals surface area contributed by atoms with Crippen molar-refractivity contribution in [2.75, 3.05) is 6.54 Å². The molecule has 0 bridgehead atoms. The number of hydrogen-bond donors (Lipinski definition) is 1. The topological polar surface area (TPSA) is 29.1 Å². The van der Waals surface area contributed by atoms with Crippen LogP contribution in [0.25, 0.3) is 0 Å². The average Bonchev–Trinajstić information content (AvgIpc) is 3.19. The van der Waals surface area contributed by atoms with Gasteiger partial charge in [0, 0.05) is 16.4 Å². The number of carbonyl (C=O) groups is 1. The van der Waals surface area contributed by atoms with Crippen LogP contribution in [0.2, 0.25) is 5.02 Å². The first-order chi connectivity index (χ1) is 10.7. The lowest BCUT2D eigenvalue weighted by Gasteiger charge is -2.28. The second kappa shape index (κ2) is 6.84. The van der Waals surface area contributed by atoms with Gasteiger partial charge in [-0.3, -0.25) is 4.79 Å². The third-order valence-corrected chi connectivity index (χ3v) is 5.68. The van der Waals surface area contributed by atoms with Gasteiger partial charge in [0.25, 0.3) is 0 Å². The highest BCUT2D eigenvalue weighted by Crippen LogP contribution is 2.42. The summed E-state index contributed by atoms with van der Waals surface area (Å²) in [6.07, 6.45) is 4.93. The van der Waals surface area contributed by atoms with E-state index in [0.29, 0.717) is 11.6 Å². The van der Waals surface area contributed by atoms with E-state index in [1.165, 1.54) is 4.88 Å². The van der Waals surface area contributed by atoms with Gasteiger partial charge < -0.3 is 5.32 Å². The predicted molar refractivity (Wildman–Crippen MR) is 92.6 cm³/mol. The van der Waals surface area contributed by atoms with E-state index in [-0.39, 0.29) is 11.3 Å². The molecule has 0 saturated heterocycles. The van der Waals surface area contributed by atoms with Crippen molar-refractivity contribution in [3.8, 4) is 0 Å². The molecular weight excluding hydrogens is 314 g/mol. The van der Waals surface area contributed by atoms with Crippen molar-refractivity contribution < 1.29 is 4.79 Å². The molecule has 22 heavy (non-hydrogen) atoms. The van der Waals surface area contributed by atoms with Crippen LogP contribution in [-0.4, -0.2) is 12.5 Å². The molecule has 1 aliphatic rings. The summed E-state index contributed by atoms with van der Waals surface area (Å²) >= 11 is 7.87. The Balaban J connectivity index is 1.71. The van der Waals surface area contributed by atoms with Gasteiger partial charge in [0.2, 0.25) is 5.91 Å². The third kappa shape index (κ3) is 3.21. The summed E-state index contributed by atoms with van der Waals surface area (Å²) in [6, 6.07) is 12.0. The largest absolute Gasteiger partial charge is 0.355 e. The maximum atomic E-state index is 12.9. The van der Waals surface area contributed by atoms with Crippen LogP contribution in [-0.2, 0) is 16.6 Å². The number of amides is 1. The molecule has 4 heteroatoms. The minimum absolute atomic E-state index is 0.156. The van der Waals surface area contributed by atoms with E-state index in [1.807, 2.05) is 30.3 Å². The molecular formula is C18H20ClNOS. The van der Waals surface area contributed by atoms with Crippen LogP contribution in [0.15, 0.2) is 41.8 Å². The number of nitrogens with one attached hydrogen (secondary N) is 1. The second-order valence-electron chi connectivity index (χ2n) is 5.88. The van der Waals surface area contributed by atoms with E-state index in [9.17, 15) is 4.79 Å². The van der Waals surface area contributed by atoms with Gasteiger partial charge in [0.15, 0.2) is 0 Å². The molecule has 1 saturated carbocycles. The molecule has 2 aromatic rings. The monoisotopic (exact) mass is 333 g/mol. The molecule has 1 aliphatic carbocycles. The summed E-state index contributed by atoms with van der Waals surface area (Å²) in [7, 11) is 0. The zero-order valence-corrected chi connectivity index (χ0v) is 14.1. The number of hydrogen-bond acceptors (Lipinski definition) is 2. The Labute approximate surface area is 140 Å². The molecule has 116 valence electrons. The average molecular weight is 334 g/mol. The summed E-state index contributed by atoms with van der Waals surface area (Å²) in [5.74, 6) is 0.156. The fourth-order valence-electron chi connectivity index (χ4n) is 3.33. The standard InChI is InChI=1S/C18H20ClNOS/c19-15-6-3-5-14(13-15)18(9-1-2-10-18)17(21)20-11-8-16-7-4-12-22-16/h3-7,12-13H,1-2,8-11H2,(H,20,21). The highest BCUT2D eigenvalue weighted by atomic mass is 35.5. The Morgan fingerprint density at radius 3 is 2.73 bits per heavy atom. The molecule has 0 atom stereocenters. The molecule has 0 radical (unpaired) electrons. The maximum absolute atomic E-state index is 12.9. The van der Waals surface area contributed by atoms with Crippen LogP contribution in [0, 0.1) is 0 Å². The molecule has 1 fully saturated rings. The third-order valence-electron chi connectivity index (χ3n) is 4.51. The molecule has 1 heterocycles. The summed E-state index contributed by atoms with van der Waals surface area (Å²) in [5.41, 5.74) is 0.673. The maximum Gasteiger partial charge on any atom is 0.230 e. The molecule has 1 N–H and O–H groups in total. The lowest BCUT2D eigenvalue weighted by Crippen LogP contribution is -2.43. The highest BCUT2D eigenvalue weighted by Gasteiger charge is 2.42. The van der Waals surface area contributed by atoms with Crippen LogP contribution >= 0.6 is 22.9 Å². The SMILES string of the molecule is O=C(NCCc1cccs1)C1(c2cccc(Cl)c2)CCCC1. The Hall–Kier alpha value is -1.32. The van der Waals surface area contributed by atoms with Crippen LogP contribution < -0.4 is 5.32 Å². The fraction of sp³-hybridized carbons (Fsp3) is 0.389. The minimum Gasteiger partial charge on any atom is -0.355 e. The Morgan fingerprint density at radius 1 is 1.23 bits per heavy atom. The summed E-state index contributed by atoms with van der Waals surface area (Å²) < 4.78 is 0. The van der Waals surface area contributed by atoms with Gasteiger partial charge in [0.05, 0.1) is 5.41 Å². The number of thiophene rings is 1. The van der Waals surface area contributed by atoms with E-state index in [0.717, 1.165) is 37.7 Å². The Kier molecular flexibility index (Phi) is 4.84. The Bertz CT molecular complexity index is 632. The van der Waals surface area contributed by atoms with Crippen molar-refractivity contribution in [2.45, 2.75) is 37.5 Å². The van der Waals surface area contributed by atoms with Gasteiger partial charge in [-0.2, -0.15) is 0 Å². The lowest BCUT2D eigenvalue weighted by molar-refractivity contribution is -0.126. The van der Waals surface area contributed by atoms with Crippen LogP contribution in [0.4, 0.5) is 0 Å². The van der Waals surface area contributed by atoms with E-state index in [2.05, 4.69) is 16.8 Å². The smallest absolute Gasteiger partial charge is 0.230 e. The van der Waals surface area contributed by atoms with Gasteiger partial charge >= 0.3 is 0 Å². The number of halogens is 1. The van der Waals surface area contributed by atoms with E-state index in [4.69, 9.17) is 11.6 Å². The number of benzene rings is 1. The van der Waals surface area contributed by atoms with Crippen molar-refractivity contribution in [1.29, 1.82) is 0 Å². The first kappa shape index (κ1) is 15.6. The molecule has 0 aliphatic heterocycles. The van der Waals surface area contributed by atoms with Crippen LogP contribution in [0.5, 0.6) is 0 Å². The van der Waals surface area contributed by atoms with Gasteiger partial charge in [0.1, 0.15) is 0 Å². The van der Waals surface area contributed by atoms with E-state index < -0.39 is 0 Å². The van der Waals surface area contributed by atoms with Gasteiger partial charge in [-0.25, -0.2) is 0 Å². The first-order valence-corrected chi connectivity index (χ1v) is 9.03. The zero-order chi connectivity index (χ0) is 15.4. The Morgan fingerprint density at radius 2 is 2.05 bits per heavy atom. The molecule has 1 amide bonds. The fourth-order valence-corrected chi connectivity index (χ4v) is 4.23. The minimum atomic E-state index is -0.389. The summed E-state index contributed by atoms with van der Waals surface area (Å²) in [5, 5.41) is 5.92. The van der Waals surface area contributed by atoms with Crippen molar-refractivity contribution in [2.24, 2.45) is 0 Å². The molecule has 1 aromatic heterocycles. The molecule has 2 nitrogen and oxygen atoms in total. The van der Waals surface area contributed by atoms with E-state index >= 15 is 0 Å².